The summed E-state index contributed by atoms with van der Waals surface area (Å²) in [6.07, 6.45) is 1.43. The molecule has 0 saturated heterocycles. The fourth-order valence-corrected chi connectivity index (χ4v) is 1.97. The second-order valence-electron chi connectivity index (χ2n) is 5.39. The SMILES string of the molecule is CCCC(C)(N)C(=O)Nc1cccc(OCC(=O)NCC)c1.Cl. The van der Waals surface area contributed by atoms with Crippen molar-refractivity contribution in [2.45, 2.75) is 39.2 Å². The molecule has 0 radical (unpaired) electrons. The van der Waals surface area contributed by atoms with E-state index in [-0.39, 0.29) is 30.8 Å². The first-order valence-electron chi connectivity index (χ1n) is 7.49. The smallest absolute Gasteiger partial charge is 0.257 e. The molecule has 2 amide bonds. The van der Waals surface area contributed by atoms with Crippen molar-refractivity contribution < 1.29 is 14.3 Å². The van der Waals surface area contributed by atoms with Gasteiger partial charge in [0.2, 0.25) is 5.91 Å². The molecule has 1 aromatic carbocycles. The average Bonchev–Trinajstić information content (AvgIpc) is 2.46. The number of halogens is 1. The Morgan fingerprint density at radius 2 is 2.00 bits per heavy atom. The van der Waals surface area contributed by atoms with Crippen molar-refractivity contribution in [3.8, 4) is 5.75 Å². The van der Waals surface area contributed by atoms with Crippen LogP contribution in [0.5, 0.6) is 5.75 Å². The third-order valence-electron chi connectivity index (χ3n) is 3.12. The molecular weight excluding hydrogens is 318 g/mol. The molecule has 0 aliphatic heterocycles. The van der Waals surface area contributed by atoms with Crippen LogP contribution in [-0.4, -0.2) is 30.5 Å². The van der Waals surface area contributed by atoms with Crippen LogP contribution in [0, 0.1) is 0 Å². The Morgan fingerprint density at radius 3 is 2.61 bits per heavy atom. The van der Waals surface area contributed by atoms with Crippen LogP contribution in [0.25, 0.3) is 0 Å². The Labute approximate surface area is 143 Å². The Kier molecular flexibility index (Phi) is 9.29. The van der Waals surface area contributed by atoms with Crippen molar-refractivity contribution in [3.63, 3.8) is 0 Å². The van der Waals surface area contributed by atoms with Crippen LogP contribution in [0.3, 0.4) is 0 Å². The molecule has 0 heterocycles. The second kappa shape index (κ2) is 10.1. The first-order valence-corrected chi connectivity index (χ1v) is 7.49. The average molecular weight is 344 g/mol. The summed E-state index contributed by atoms with van der Waals surface area (Å²) in [6.45, 7) is 6.03. The highest BCUT2D eigenvalue weighted by molar-refractivity contribution is 5.97. The Bertz CT molecular complexity index is 521. The maximum atomic E-state index is 12.1. The van der Waals surface area contributed by atoms with E-state index in [1.165, 1.54) is 0 Å². The lowest BCUT2D eigenvalue weighted by Crippen LogP contribution is -2.48. The van der Waals surface area contributed by atoms with Gasteiger partial charge in [0, 0.05) is 18.3 Å². The molecule has 0 aromatic heterocycles. The van der Waals surface area contributed by atoms with Crippen LogP contribution in [0.4, 0.5) is 5.69 Å². The van der Waals surface area contributed by atoms with Gasteiger partial charge < -0.3 is 21.1 Å². The number of carbonyl (C=O) groups is 2. The van der Waals surface area contributed by atoms with Crippen molar-refractivity contribution in [2.24, 2.45) is 5.73 Å². The van der Waals surface area contributed by atoms with Gasteiger partial charge in [-0.25, -0.2) is 0 Å². The standard InChI is InChI=1S/C16H25N3O3.ClH/c1-4-9-16(3,17)15(21)19-12-7-6-8-13(10-12)22-11-14(20)18-5-2;/h6-8,10H,4-5,9,11,17H2,1-3H3,(H,18,20)(H,19,21);1H. The van der Waals surface area contributed by atoms with E-state index in [0.29, 0.717) is 24.4 Å². The molecule has 1 atom stereocenters. The summed E-state index contributed by atoms with van der Waals surface area (Å²) in [4.78, 5) is 23.5. The number of likely N-dealkylation sites (N-methyl/N-ethyl adjacent to an activating group) is 1. The number of nitrogens with one attached hydrogen (secondary N) is 2. The Morgan fingerprint density at radius 1 is 1.30 bits per heavy atom. The summed E-state index contributed by atoms with van der Waals surface area (Å²) in [5, 5.41) is 5.42. The maximum absolute atomic E-state index is 12.1. The van der Waals surface area contributed by atoms with Crippen LogP contribution < -0.4 is 21.1 Å². The quantitative estimate of drug-likeness (QED) is 0.673. The monoisotopic (exact) mass is 343 g/mol. The number of amides is 2. The summed E-state index contributed by atoms with van der Waals surface area (Å²) in [6, 6.07) is 6.89. The number of carbonyl (C=O) groups excluding carboxylic acids is 2. The van der Waals surface area contributed by atoms with E-state index in [1.807, 2.05) is 13.8 Å². The van der Waals surface area contributed by atoms with E-state index in [4.69, 9.17) is 10.5 Å². The molecule has 0 aliphatic rings. The van der Waals surface area contributed by atoms with E-state index >= 15 is 0 Å². The van der Waals surface area contributed by atoms with Gasteiger partial charge in [0.15, 0.2) is 6.61 Å². The predicted molar refractivity (Wildman–Crippen MR) is 94.0 cm³/mol. The minimum Gasteiger partial charge on any atom is -0.484 e. The molecule has 0 spiro atoms. The Balaban J connectivity index is 0.00000484. The zero-order chi connectivity index (χ0) is 16.6. The molecule has 0 saturated carbocycles. The molecule has 0 bridgehead atoms. The lowest BCUT2D eigenvalue weighted by Gasteiger charge is -2.23. The lowest BCUT2D eigenvalue weighted by molar-refractivity contribution is -0.123. The van der Waals surface area contributed by atoms with Crippen molar-refractivity contribution in [1.29, 1.82) is 0 Å². The van der Waals surface area contributed by atoms with Crippen LogP contribution in [0.1, 0.15) is 33.6 Å². The van der Waals surface area contributed by atoms with E-state index in [0.717, 1.165) is 6.42 Å². The van der Waals surface area contributed by atoms with E-state index < -0.39 is 5.54 Å². The summed E-state index contributed by atoms with van der Waals surface area (Å²) in [5.41, 5.74) is 5.67. The van der Waals surface area contributed by atoms with Gasteiger partial charge in [0.25, 0.3) is 5.91 Å². The number of benzene rings is 1. The lowest BCUT2D eigenvalue weighted by atomic mass is 9.96. The fourth-order valence-electron chi connectivity index (χ4n) is 1.97. The molecule has 4 N–H and O–H groups in total. The normalized spacial score (nSPS) is 12.5. The molecule has 23 heavy (non-hydrogen) atoms. The zero-order valence-electron chi connectivity index (χ0n) is 13.8. The van der Waals surface area contributed by atoms with Gasteiger partial charge >= 0.3 is 0 Å². The molecule has 0 fully saturated rings. The van der Waals surface area contributed by atoms with Crippen molar-refractivity contribution in [1.82, 2.24) is 5.32 Å². The summed E-state index contributed by atoms with van der Waals surface area (Å²) >= 11 is 0. The predicted octanol–water partition coefficient (Wildman–Crippen LogP) is 2.08. The van der Waals surface area contributed by atoms with Gasteiger partial charge in [0.1, 0.15) is 5.75 Å². The van der Waals surface area contributed by atoms with Crippen LogP contribution in [0.2, 0.25) is 0 Å². The molecule has 130 valence electrons. The van der Waals surface area contributed by atoms with Crippen LogP contribution in [0.15, 0.2) is 24.3 Å². The highest BCUT2D eigenvalue weighted by Crippen LogP contribution is 2.19. The topological polar surface area (TPSA) is 93.5 Å². The molecule has 6 nitrogen and oxygen atoms in total. The van der Waals surface area contributed by atoms with E-state index in [9.17, 15) is 9.59 Å². The van der Waals surface area contributed by atoms with Crippen LogP contribution in [-0.2, 0) is 9.59 Å². The minimum atomic E-state index is -0.910. The van der Waals surface area contributed by atoms with Crippen molar-refractivity contribution >= 4 is 29.9 Å². The van der Waals surface area contributed by atoms with Crippen molar-refractivity contribution in [2.75, 3.05) is 18.5 Å². The number of hydrogen-bond donors (Lipinski definition) is 3. The molecule has 1 rings (SSSR count). The highest BCUT2D eigenvalue weighted by Gasteiger charge is 2.27. The third-order valence-corrected chi connectivity index (χ3v) is 3.12. The number of anilines is 1. The number of hydrogen-bond acceptors (Lipinski definition) is 4. The number of rotatable bonds is 8. The number of ether oxygens (including phenoxy) is 1. The third kappa shape index (κ3) is 7.34. The van der Waals surface area contributed by atoms with E-state index in [1.54, 1.807) is 31.2 Å². The minimum absolute atomic E-state index is 0. The van der Waals surface area contributed by atoms with Crippen molar-refractivity contribution in [3.05, 3.63) is 24.3 Å². The second-order valence-corrected chi connectivity index (χ2v) is 5.39. The fraction of sp³-hybridized carbons (Fsp3) is 0.500. The van der Waals surface area contributed by atoms with E-state index in [2.05, 4.69) is 10.6 Å². The summed E-state index contributed by atoms with van der Waals surface area (Å²) < 4.78 is 5.38. The highest BCUT2D eigenvalue weighted by atomic mass is 35.5. The first-order chi connectivity index (χ1) is 10.4. The van der Waals surface area contributed by atoms with Crippen LogP contribution >= 0.6 is 12.4 Å². The van der Waals surface area contributed by atoms with Gasteiger partial charge in [0.05, 0.1) is 5.54 Å². The zero-order valence-corrected chi connectivity index (χ0v) is 14.7. The summed E-state index contributed by atoms with van der Waals surface area (Å²) in [7, 11) is 0. The van der Waals surface area contributed by atoms with Gasteiger partial charge in [-0.05, 0) is 32.4 Å². The molecule has 7 heteroatoms. The van der Waals surface area contributed by atoms with Gasteiger partial charge in [-0.3, -0.25) is 9.59 Å². The van der Waals surface area contributed by atoms with Gasteiger partial charge in [-0.1, -0.05) is 19.4 Å². The molecular formula is C16H26ClN3O3. The largest absolute Gasteiger partial charge is 0.484 e. The molecule has 0 aliphatic carbocycles. The Hall–Kier alpha value is -1.79. The van der Waals surface area contributed by atoms with Gasteiger partial charge in [-0.2, -0.15) is 0 Å². The molecule has 1 unspecified atom stereocenters. The number of nitrogens with two attached hydrogens (primary N) is 1. The maximum Gasteiger partial charge on any atom is 0.257 e. The first kappa shape index (κ1) is 21.2. The summed E-state index contributed by atoms with van der Waals surface area (Å²) in [5.74, 6) is 0.0860. The van der Waals surface area contributed by atoms with Gasteiger partial charge in [-0.15, -0.1) is 12.4 Å². The molecule has 1 aromatic rings.